The van der Waals surface area contributed by atoms with Crippen molar-refractivity contribution in [3.05, 3.63) is 57.6 Å². The van der Waals surface area contributed by atoms with E-state index in [0.717, 1.165) is 5.56 Å². The molecule has 0 saturated carbocycles. The highest BCUT2D eigenvalue weighted by atomic mass is 35.5. The molecule has 0 aromatic heterocycles. The summed E-state index contributed by atoms with van der Waals surface area (Å²) < 4.78 is 0. The van der Waals surface area contributed by atoms with Crippen LogP contribution in [-0.4, -0.2) is 19.2 Å². The second-order valence-electron chi connectivity index (χ2n) is 4.35. The minimum Gasteiger partial charge on any atom is -0.399 e. The highest BCUT2D eigenvalue weighted by molar-refractivity contribution is 6.39. The number of nitrogens with zero attached hydrogens (tertiary/aromatic N) is 1. The van der Waals surface area contributed by atoms with Crippen molar-refractivity contribution in [2.45, 2.75) is 0 Å². The van der Waals surface area contributed by atoms with Gasteiger partial charge in [-0.05, 0) is 29.8 Å². The van der Waals surface area contributed by atoms with E-state index in [2.05, 4.69) is 15.3 Å². The molecular weight excluding hydrogens is 325 g/mol. The first-order valence-electron chi connectivity index (χ1n) is 6.23. The van der Waals surface area contributed by atoms with E-state index in [9.17, 15) is 4.79 Å². The third-order valence-corrected chi connectivity index (χ3v) is 3.44. The molecule has 0 unspecified atom stereocenters. The van der Waals surface area contributed by atoms with Crippen LogP contribution in [0, 0.1) is 0 Å². The Kier molecular flexibility index (Phi) is 5.25. The number of anilines is 2. The summed E-state index contributed by atoms with van der Waals surface area (Å²) >= 11 is 11.9. The van der Waals surface area contributed by atoms with Gasteiger partial charge >= 0.3 is 0 Å². The van der Waals surface area contributed by atoms with Crippen molar-refractivity contribution in [1.29, 1.82) is 0 Å². The average Bonchev–Trinajstić information content (AvgIpc) is 2.51. The lowest BCUT2D eigenvalue weighted by Crippen LogP contribution is -2.12. The third-order valence-electron chi connectivity index (χ3n) is 2.82. The van der Waals surface area contributed by atoms with Crippen LogP contribution in [-0.2, 0) is 4.84 Å². The first kappa shape index (κ1) is 16.1. The van der Waals surface area contributed by atoms with Crippen LogP contribution in [0.15, 0.2) is 41.6 Å². The summed E-state index contributed by atoms with van der Waals surface area (Å²) in [5.41, 5.74) is 7.70. The average molecular weight is 338 g/mol. The van der Waals surface area contributed by atoms with Gasteiger partial charge in [0.2, 0.25) is 0 Å². The molecule has 0 heterocycles. The van der Waals surface area contributed by atoms with Gasteiger partial charge in [-0.1, -0.05) is 40.5 Å². The van der Waals surface area contributed by atoms with Crippen LogP contribution in [0.1, 0.15) is 15.9 Å². The van der Waals surface area contributed by atoms with Crippen LogP contribution in [0.3, 0.4) is 0 Å². The van der Waals surface area contributed by atoms with Gasteiger partial charge in [0.05, 0.1) is 21.9 Å². The van der Waals surface area contributed by atoms with Crippen molar-refractivity contribution in [3.8, 4) is 0 Å². The van der Waals surface area contributed by atoms with E-state index in [1.165, 1.54) is 7.11 Å². The Labute approximate surface area is 137 Å². The lowest BCUT2D eigenvalue weighted by atomic mass is 10.1. The summed E-state index contributed by atoms with van der Waals surface area (Å²) in [6.07, 6.45) is 1.54. The van der Waals surface area contributed by atoms with Gasteiger partial charge in [-0.3, -0.25) is 4.79 Å². The minimum atomic E-state index is -0.285. The second-order valence-corrected chi connectivity index (χ2v) is 5.16. The van der Waals surface area contributed by atoms with E-state index in [1.54, 1.807) is 42.6 Å². The molecule has 0 spiro atoms. The maximum Gasteiger partial charge on any atom is 0.255 e. The van der Waals surface area contributed by atoms with Gasteiger partial charge in [0.1, 0.15) is 7.11 Å². The number of nitrogen functional groups attached to an aromatic ring is 1. The largest absolute Gasteiger partial charge is 0.399 e. The summed E-state index contributed by atoms with van der Waals surface area (Å²) in [7, 11) is 1.46. The number of carbonyl (C=O) groups excluding carboxylic acids is 1. The van der Waals surface area contributed by atoms with Crippen molar-refractivity contribution in [2.75, 3.05) is 18.2 Å². The van der Waals surface area contributed by atoms with Crippen molar-refractivity contribution in [2.24, 2.45) is 5.16 Å². The van der Waals surface area contributed by atoms with Gasteiger partial charge in [-0.2, -0.15) is 0 Å². The van der Waals surface area contributed by atoms with Crippen LogP contribution in [0.2, 0.25) is 10.0 Å². The zero-order chi connectivity index (χ0) is 16.1. The van der Waals surface area contributed by atoms with Crippen molar-refractivity contribution in [1.82, 2.24) is 0 Å². The lowest BCUT2D eigenvalue weighted by molar-refractivity contribution is 0.102. The molecular formula is C15H13Cl2N3O2. The molecule has 0 atom stereocenters. The van der Waals surface area contributed by atoms with E-state index in [1.807, 2.05) is 0 Å². The first-order chi connectivity index (χ1) is 10.5. The quantitative estimate of drug-likeness (QED) is 0.506. The Morgan fingerprint density at radius 1 is 1.23 bits per heavy atom. The van der Waals surface area contributed by atoms with Gasteiger partial charge in [0.15, 0.2) is 0 Å². The normalized spacial score (nSPS) is 10.7. The van der Waals surface area contributed by atoms with Crippen LogP contribution in [0.4, 0.5) is 11.4 Å². The Bertz CT molecular complexity index is 692. The van der Waals surface area contributed by atoms with E-state index < -0.39 is 0 Å². The second kappa shape index (κ2) is 7.15. The SMILES string of the molecule is CO/N=C/c1ccc(C(=O)Nc2cc(Cl)c(N)c(Cl)c2)cc1. The topological polar surface area (TPSA) is 76.7 Å². The zero-order valence-corrected chi connectivity index (χ0v) is 13.2. The molecule has 0 fully saturated rings. The van der Waals surface area contributed by atoms with Gasteiger partial charge in [0.25, 0.3) is 5.91 Å². The van der Waals surface area contributed by atoms with Gasteiger partial charge in [0, 0.05) is 11.3 Å². The molecule has 1 amide bonds. The maximum absolute atomic E-state index is 12.2. The Hall–Kier alpha value is -2.24. The zero-order valence-electron chi connectivity index (χ0n) is 11.6. The number of nitrogens with one attached hydrogen (secondary N) is 1. The first-order valence-corrected chi connectivity index (χ1v) is 6.99. The number of carbonyl (C=O) groups is 1. The fraction of sp³-hybridized carbons (Fsp3) is 0.0667. The summed E-state index contributed by atoms with van der Waals surface area (Å²) in [5, 5.41) is 6.93. The predicted octanol–water partition coefficient (Wildman–Crippen LogP) is 3.81. The van der Waals surface area contributed by atoms with Gasteiger partial charge in [-0.25, -0.2) is 0 Å². The molecule has 2 aromatic carbocycles. The molecule has 7 heteroatoms. The number of oxime groups is 1. The molecule has 114 valence electrons. The monoisotopic (exact) mass is 337 g/mol. The Morgan fingerprint density at radius 2 is 1.82 bits per heavy atom. The number of rotatable bonds is 4. The molecule has 0 radical (unpaired) electrons. The lowest BCUT2D eigenvalue weighted by Gasteiger charge is -2.08. The van der Waals surface area contributed by atoms with E-state index in [0.29, 0.717) is 11.3 Å². The number of nitrogens with two attached hydrogens (primary N) is 1. The standard InChI is InChI=1S/C15H13Cl2N3O2/c1-22-19-8-9-2-4-10(5-3-9)15(21)20-11-6-12(16)14(18)13(17)7-11/h2-8H,18H2,1H3,(H,20,21)/b19-8+. The minimum absolute atomic E-state index is 0.281. The fourth-order valence-electron chi connectivity index (χ4n) is 1.69. The molecule has 0 aliphatic carbocycles. The molecule has 0 bridgehead atoms. The van der Waals surface area contributed by atoms with Crippen LogP contribution < -0.4 is 11.1 Å². The van der Waals surface area contributed by atoms with Gasteiger partial charge in [-0.15, -0.1) is 0 Å². The molecule has 2 rings (SSSR count). The van der Waals surface area contributed by atoms with Gasteiger partial charge < -0.3 is 15.9 Å². The molecule has 3 N–H and O–H groups in total. The van der Waals surface area contributed by atoms with E-state index >= 15 is 0 Å². The third kappa shape index (κ3) is 3.90. The number of hydrogen-bond donors (Lipinski definition) is 2. The predicted molar refractivity (Wildman–Crippen MR) is 89.9 cm³/mol. The van der Waals surface area contributed by atoms with Crippen LogP contribution in [0.25, 0.3) is 0 Å². The molecule has 0 saturated heterocycles. The van der Waals surface area contributed by atoms with Crippen LogP contribution >= 0.6 is 23.2 Å². The van der Waals surface area contributed by atoms with Crippen LogP contribution in [0.5, 0.6) is 0 Å². The highest BCUT2D eigenvalue weighted by Gasteiger charge is 2.09. The Balaban J connectivity index is 2.14. The summed E-state index contributed by atoms with van der Waals surface area (Å²) in [4.78, 5) is 16.7. The van der Waals surface area contributed by atoms with E-state index in [-0.39, 0.29) is 21.6 Å². The Morgan fingerprint density at radius 3 is 2.36 bits per heavy atom. The molecule has 2 aromatic rings. The molecule has 22 heavy (non-hydrogen) atoms. The summed E-state index contributed by atoms with van der Waals surface area (Å²) in [5.74, 6) is -0.285. The molecule has 5 nitrogen and oxygen atoms in total. The number of amides is 1. The molecule has 0 aliphatic rings. The number of benzene rings is 2. The fourth-order valence-corrected chi connectivity index (χ4v) is 2.18. The van der Waals surface area contributed by atoms with E-state index in [4.69, 9.17) is 28.9 Å². The smallest absolute Gasteiger partial charge is 0.255 e. The highest BCUT2D eigenvalue weighted by Crippen LogP contribution is 2.31. The molecule has 0 aliphatic heterocycles. The summed E-state index contributed by atoms with van der Waals surface area (Å²) in [6, 6.07) is 9.93. The van der Waals surface area contributed by atoms with Crippen molar-refractivity contribution in [3.63, 3.8) is 0 Å². The van der Waals surface area contributed by atoms with Crippen molar-refractivity contribution >= 4 is 46.7 Å². The maximum atomic E-state index is 12.2. The number of hydrogen-bond acceptors (Lipinski definition) is 4. The number of halogens is 2. The van der Waals surface area contributed by atoms with Crippen molar-refractivity contribution < 1.29 is 9.63 Å². The summed E-state index contributed by atoms with van der Waals surface area (Å²) in [6.45, 7) is 0.